The first kappa shape index (κ1) is 14.6. The molecule has 2 heterocycles. The molecule has 0 saturated carbocycles. The summed E-state index contributed by atoms with van der Waals surface area (Å²) in [7, 11) is 0. The molecule has 0 N–H and O–H groups in total. The topological polar surface area (TPSA) is 53.3 Å². The molecule has 0 spiro atoms. The summed E-state index contributed by atoms with van der Waals surface area (Å²) in [4.78, 5) is 12.3. The molecule has 3 rings (SSSR count). The minimum absolute atomic E-state index is 0.0224. The highest BCUT2D eigenvalue weighted by atomic mass is 19.1. The van der Waals surface area contributed by atoms with Gasteiger partial charge in [0.2, 0.25) is 5.88 Å². The molecule has 1 aliphatic heterocycles. The Kier molecular flexibility index (Phi) is 3.83. The quantitative estimate of drug-likeness (QED) is 0.818. The maximum Gasteiger partial charge on any atom is 0.345 e. The number of fused-ring (bicyclic) bond motifs is 1. The lowest BCUT2D eigenvalue weighted by Crippen LogP contribution is -2.24. The number of halogens is 1. The highest BCUT2D eigenvalue weighted by Gasteiger charge is 2.31. The summed E-state index contributed by atoms with van der Waals surface area (Å²) in [5, 5.41) is 4.37. The fourth-order valence-electron chi connectivity index (χ4n) is 2.50. The molecule has 0 radical (unpaired) electrons. The third kappa shape index (κ3) is 2.45. The van der Waals surface area contributed by atoms with Crippen molar-refractivity contribution >= 4 is 5.97 Å². The van der Waals surface area contributed by atoms with Crippen LogP contribution in [0.4, 0.5) is 4.39 Å². The maximum atomic E-state index is 14.1. The Labute approximate surface area is 127 Å². The van der Waals surface area contributed by atoms with Gasteiger partial charge in [0.25, 0.3) is 0 Å². The van der Waals surface area contributed by atoms with Gasteiger partial charge in [0.1, 0.15) is 17.1 Å². The van der Waals surface area contributed by atoms with Gasteiger partial charge in [0.05, 0.1) is 12.7 Å². The second-order valence-corrected chi connectivity index (χ2v) is 5.17. The first-order valence-electron chi connectivity index (χ1n) is 7.31. The van der Waals surface area contributed by atoms with Gasteiger partial charge >= 0.3 is 5.97 Å². The van der Waals surface area contributed by atoms with Crippen molar-refractivity contribution in [3.63, 3.8) is 0 Å². The standard InChI is InChI=1S/C16H17FN2O3/c1-3-21-16(20)13-14(11-6-4-5-7-12(11)17)18-19-9-8-10(2)22-15(13)19/h4-7,10H,3,8-9H2,1-2H3/t10-/m0/s1. The van der Waals surface area contributed by atoms with Crippen molar-refractivity contribution in [2.75, 3.05) is 6.61 Å². The lowest BCUT2D eigenvalue weighted by Gasteiger charge is -2.21. The summed E-state index contributed by atoms with van der Waals surface area (Å²) in [5.41, 5.74) is 0.725. The zero-order valence-corrected chi connectivity index (χ0v) is 12.5. The average molecular weight is 304 g/mol. The fraction of sp³-hybridized carbons (Fsp3) is 0.375. The molecule has 0 bridgehead atoms. The monoisotopic (exact) mass is 304 g/mol. The van der Waals surface area contributed by atoms with E-state index in [4.69, 9.17) is 9.47 Å². The molecule has 1 aromatic carbocycles. The number of rotatable bonds is 3. The molecule has 0 fully saturated rings. The predicted molar refractivity (Wildman–Crippen MR) is 78.3 cm³/mol. The van der Waals surface area contributed by atoms with Gasteiger partial charge in [-0.2, -0.15) is 5.10 Å². The Morgan fingerprint density at radius 2 is 2.27 bits per heavy atom. The zero-order valence-electron chi connectivity index (χ0n) is 12.5. The SMILES string of the molecule is CCOC(=O)c1c(-c2ccccc2F)nn2c1O[C@@H](C)CC2. The summed E-state index contributed by atoms with van der Waals surface area (Å²) in [6.07, 6.45) is 0.763. The molecule has 116 valence electrons. The second kappa shape index (κ2) is 5.79. The van der Waals surface area contributed by atoms with Crippen molar-refractivity contribution < 1.29 is 18.7 Å². The van der Waals surface area contributed by atoms with Gasteiger partial charge in [0.15, 0.2) is 0 Å². The minimum Gasteiger partial charge on any atom is -0.474 e. The van der Waals surface area contributed by atoms with E-state index in [1.807, 2.05) is 6.92 Å². The molecule has 1 aliphatic rings. The van der Waals surface area contributed by atoms with Crippen molar-refractivity contribution in [2.45, 2.75) is 32.9 Å². The first-order valence-corrected chi connectivity index (χ1v) is 7.31. The Morgan fingerprint density at radius 3 is 3.00 bits per heavy atom. The van der Waals surface area contributed by atoms with E-state index in [9.17, 15) is 9.18 Å². The van der Waals surface area contributed by atoms with Crippen LogP contribution in [0.5, 0.6) is 5.88 Å². The third-order valence-corrected chi connectivity index (χ3v) is 3.57. The third-order valence-electron chi connectivity index (χ3n) is 3.57. The molecule has 0 unspecified atom stereocenters. The molecular formula is C16H17FN2O3. The van der Waals surface area contributed by atoms with Crippen LogP contribution in [-0.4, -0.2) is 28.5 Å². The lowest BCUT2D eigenvalue weighted by molar-refractivity contribution is 0.0515. The van der Waals surface area contributed by atoms with E-state index in [1.54, 1.807) is 29.8 Å². The summed E-state index contributed by atoms with van der Waals surface area (Å²) in [6, 6.07) is 6.23. The van der Waals surface area contributed by atoms with Crippen LogP contribution < -0.4 is 4.74 Å². The molecule has 0 amide bonds. The number of nitrogens with zero attached hydrogens (tertiary/aromatic N) is 2. The van der Waals surface area contributed by atoms with E-state index in [2.05, 4.69) is 5.10 Å². The van der Waals surface area contributed by atoms with Crippen molar-refractivity contribution in [3.8, 4) is 17.1 Å². The molecule has 1 aromatic heterocycles. The van der Waals surface area contributed by atoms with Gasteiger partial charge < -0.3 is 9.47 Å². The first-order chi connectivity index (χ1) is 10.6. The highest BCUT2D eigenvalue weighted by molar-refractivity contribution is 5.99. The minimum atomic E-state index is -0.545. The van der Waals surface area contributed by atoms with Crippen LogP contribution in [0.2, 0.25) is 0 Å². The number of hydrogen-bond acceptors (Lipinski definition) is 4. The van der Waals surface area contributed by atoms with Crippen LogP contribution in [0.15, 0.2) is 24.3 Å². The van der Waals surface area contributed by atoms with Gasteiger partial charge in [-0.3, -0.25) is 0 Å². The van der Waals surface area contributed by atoms with Gasteiger partial charge in [-0.15, -0.1) is 0 Å². The summed E-state index contributed by atoms with van der Waals surface area (Å²) in [5.74, 6) is -0.622. The highest BCUT2D eigenvalue weighted by Crippen LogP contribution is 2.35. The smallest absolute Gasteiger partial charge is 0.345 e. The number of carbonyl (C=O) groups excluding carboxylic acids is 1. The van der Waals surface area contributed by atoms with Crippen LogP contribution in [0.25, 0.3) is 11.3 Å². The van der Waals surface area contributed by atoms with Gasteiger partial charge in [0, 0.05) is 18.5 Å². The van der Waals surface area contributed by atoms with Crippen LogP contribution >= 0.6 is 0 Å². The van der Waals surface area contributed by atoms with Crippen molar-refractivity contribution in [1.29, 1.82) is 0 Å². The van der Waals surface area contributed by atoms with E-state index in [-0.39, 0.29) is 29.5 Å². The van der Waals surface area contributed by atoms with Crippen LogP contribution in [0.3, 0.4) is 0 Å². The fourth-order valence-corrected chi connectivity index (χ4v) is 2.50. The average Bonchev–Trinajstić information content (AvgIpc) is 2.86. The van der Waals surface area contributed by atoms with Crippen LogP contribution in [0.1, 0.15) is 30.6 Å². The number of ether oxygens (including phenoxy) is 2. The Morgan fingerprint density at radius 1 is 1.50 bits per heavy atom. The second-order valence-electron chi connectivity index (χ2n) is 5.17. The summed E-state index contributed by atoms with van der Waals surface area (Å²) in [6.45, 7) is 4.50. The number of esters is 1. The molecule has 5 nitrogen and oxygen atoms in total. The van der Waals surface area contributed by atoms with Gasteiger partial charge in [-0.1, -0.05) is 12.1 Å². The molecule has 0 saturated heterocycles. The van der Waals surface area contributed by atoms with Crippen LogP contribution in [0, 0.1) is 5.82 Å². The van der Waals surface area contributed by atoms with Crippen molar-refractivity contribution in [3.05, 3.63) is 35.6 Å². The Bertz CT molecular complexity index is 711. The number of benzene rings is 1. The molecular weight excluding hydrogens is 287 g/mol. The van der Waals surface area contributed by atoms with E-state index in [0.717, 1.165) is 6.42 Å². The summed E-state index contributed by atoms with van der Waals surface area (Å²) >= 11 is 0. The van der Waals surface area contributed by atoms with E-state index >= 15 is 0 Å². The van der Waals surface area contributed by atoms with E-state index in [1.165, 1.54) is 6.07 Å². The lowest BCUT2D eigenvalue weighted by atomic mass is 10.1. The van der Waals surface area contributed by atoms with Crippen molar-refractivity contribution in [1.82, 2.24) is 9.78 Å². The van der Waals surface area contributed by atoms with Crippen LogP contribution in [-0.2, 0) is 11.3 Å². The molecule has 6 heteroatoms. The maximum absolute atomic E-state index is 14.1. The van der Waals surface area contributed by atoms with Gasteiger partial charge in [-0.25, -0.2) is 13.9 Å². The summed E-state index contributed by atoms with van der Waals surface area (Å²) < 4.78 is 26.6. The van der Waals surface area contributed by atoms with E-state index < -0.39 is 11.8 Å². The Hall–Kier alpha value is -2.37. The Balaban J connectivity index is 2.17. The molecule has 22 heavy (non-hydrogen) atoms. The van der Waals surface area contributed by atoms with Crippen molar-refractivity contribution in [2.24, 2.45) is 0 Å². The van der Waals surface area contributed by atoms with Gasteiger partial charge in [-0.05, 0) is 26.0 Å². The largest absolute Gasteiger partial charge is 0.474 e. The molecule has 1 atom stereocenters. The number of carbonyl (C=O) groups is 1. The zero-order chi connectivity index (χ0) is 15.7. The number of aryl methyl sites for hydroxylation is 1. The van der Waals surface area contributed by atoms with E-state index in [0.29, 0.717) is 12.4 Å². The molecule has 2 aromatic rings. The normalized spacial score (nSPS) is 16.8. The molecule has 0 aliphatic carbocycles. The predicted octanol–water partition coefficient (Wildman–Crippen LogP) is 3.04. The number of hydrogen-bond donors (Lipinski definition) is 0. The number of aromatic nitrogens is 2.